The molecule has 0 spiro atoms. The molecule has 0 fully saturated rings. The molecule has 100 valence electrons. The molecule has 3 nitrogen and oxygen atoms in total. The van der Waals surface area contributed by atoms with Gasteiger partial charge in [0.05, 0.1) is 12.5 Å². The quantitative estimate of drug-likeness (QED) is 0.788. The maximum absolute atomic E-state index is 11.8. The second-order valence-electron chi connectivity index (χ2n) is 4.55. The number of halogens is 1. The topological polar surface area (TPSA) is 38.7 Å². The molecule has 4 heteroatoms. The number of carbonyl (C=O) groups is 1. The smallest absolute Gasteiger partial charge is 0.315 e. The van der Waals surface area contributed by atoms with Crippen LogP contribution in [0, 0.1) is 0 Å². The van der Waals surface area contributed by atoms with Crippen molar-refractivity contribution in [3.05, 3.63) is 70.7 Å². The molecule has 0 saturated carbocycles. The Morgan fingerprint density at radius 1 is 1.05 bits per heavy atom. The summed E-state index contributed by atoms with van der Waals surface area (Å²) in [6.07, 6.45) is 0.248. The van der Waals surface area contributed by atoms with Crippen molar-refractivity contribution in [3.63, 3.8) is 0 Å². The Kier molecular flexibility index (Phi) is 3.52. The van der Waals surface area contributed by atoms with Crippen LogP contribution in [0.1, 0.15) is 23.6 Å². The van der Waals surface area contributed by atoms with Crippen molar-refractivity contribution in [1.82, 2.24) is 0 Å². The first-order chi connectivity index (χ1) is 9.72. The van der Waals surface area contributed by atoms with Gasteiger partial charge in [-0.2, -0.15) is 0 Å². The Morgan fingerprint density at radius 3 is 2.45 bits per heavy atom. The van der Waals surface area contributed by atoms with Gasteiger partial charge in [-0.05, 0) is 29.8 Å². The van der Waals surface area contributed by atoms with Crippen LogP contribution < -0.4 is 0 Å². The number of aliphatic imine (C=N–C) groups is 1. The predicted molar refractivity (Wildman–Crippen MR) is 77.9 cm³/mol. The third kappa shape index (κ3) is 2.73. The van der Waals surface area contributed by atoms with E-state index in [9.17, 15) is 4.79 Å². The molecule has 0 radical (unpaired) electrons. The van der Waals surface area contributed by atoms with Crippen LogP contribution in [0.25, 0.3) is 0 Å². The Bertz CT molecular complexity index is 650. The highest BCUT2D eigenvalue weighted by Gasteiger charge is 2.25. The Hall–Kier alpha value is -2.13. The van der Waals surface area contributed by atoms with Crippen LogP contribution in [0.4, 0.5) is 0 Å². The lowest BCUT2D eigenvalue weighted by molar-refractivity contribution is -0.136. The first kappa shape index (κ1) is 12.9. The molecular weight excluding hydrogens is 274 g/mol. The zero-order chi connectivity index (χ0) is 13.9. The van der Waals surface area contributed by atoms with E-state index in [0.29, 0.717) is 10.9 Å². The zero-order valence-corrected chi connectivity index (χ0v) is 11.4. The van der Waals surface area contributed by atoms with E-state index in [4.69, 9.17) is 16.3 Å². The summed E-state index contributed by atoms with van der Waals surface area (Å²) in [4.78, 5) is 16.3. The van der Waals surface area contributed by atoms with E-state index < -0.39 is 0 Å². The van der Waals surface area contributed by atoms with Crippen LogP contribution in [-0.2, 0) is 9.53 Å². The second kappa shape index (κ2) is 5.47. The summed E-state index contributed by atoms with van der Waals surface area (Å²) in [5.74, 6) is 0.112. The maximum atomic E-state index is 11.8. The molecule has 2 aromatic carbocycles. The monoisotopic (exact) mass is 285 g/mol. The van der Waals surface area contributed by atoms with E-state index in [2.05, 4.69) is 4.99 Å². The third-order valence-electron chi connectivity index (χ3n) is 3.12. The van der Waals surface area contributed by atoms with Crippen molar-refractivity contribution in [2.24, 2.45) is 4.99 Å². The van der Waals surface area contributed by atoms with E-state index in [-0.39, 0.29) is 18.4 Å². The number of cyclic esters (lactones) is 1. The number of hydrogen-bond acceptors (Lipinski definition) is 3. The minimum Gasteiger partial charge on any atom is -0.407 e. The van der Waals surface area contributed by atoms with Crippen molar-refractivity contribution >= 4 is 23.5 Å². The molecule has 0 saturated heterocycles. The summed E-state index contributed by atoms with van der Waals surface area (Å²) >= 11 is 5.88. The number of rotatable bonds is 2. The van der Waals surface area contributed by atoms with Crippen molar-refractivity contribution in [2.75, 3.05) is 0 Å². The molecule has 1 aliphatic rings. The average Bonchev–Trinajstić information content (AvgIpc) is 2.48. The number of ether oxygens (including phenoxy) is 1. The zero-order valence-electron chi connectivity index (χ0n) is 10.6. The molecular formula is C16H12ClNO2. The third-order valence-corrected chi connectivity index (χ3v) is 3.37. The minimum absolute atomic E-state index is 0.219. The lowest BCUT2D eigenvalue weighted by Crippen LogP contribution is -2.22. The molecule has 1 atom stereocenters. The van der Waals surface area contributed by atoms with Crippen LogP contribution in [0.15, 0.2) is 59.6 Å². The molecule has 0 unspecified atom stereocenters. The van der Waals surface area contributed by atoms with Gasteiger partial charge in [-0.1, -0.05) is 41.9 Å². The molecule has 3 rings (SSSR count). The van der Waals surface area contributed by atoms with Gasteiger partial charge in [0, 0.05) is 10.6 Å². The van der Waals surface area contributed by atoms with Crippen molar-refractivity contribution in [3.8, 4) is 0 Å². The maximum Gasteiger partial charge on any atom is 0.315 e. The van der Waals surface area contributed by atoms with E-state index in [1.54, 1.807) is 12.1 Å². The summed E-state index contributed by atoms with van der Waals surface area (Å²) in [5.41, 5.74) is 1.76. The number of carbonyl (C=O) groups excluding carboxylic acids is 1. The molecule has 0 N–H and O–H groups in total. The van der Waals surface area contributed by atoms with Gasteiger partial charge in [-0.25, -0.2) is 4.99 Å². The lowest BCUT2D eigenvalue weighted by atomic mass is 10.0. The van der Waals surface area contributed by atoms with E-state index in [1.165, 1.54) is 0 Å². The number of esters is 1. The van der Waals surface area contributed by atoms with Crippen molar-refractivity contribution < 1.29 is 9.53 Å². The molecule has 1 aliphatic heterocycles. The number of benzene rings is 2. The van der Waals surface area contributed by atoms with Crippen LogP contribution in [0.3, 0.4) is 0 Å². The molecule has 0 aromatic heterocycles. The van der Waals surface area contributed by atoms with Gasteiger partial charge >= 0.3 is 5.97 Å². The summed E-state index contributed by atoms with van der Waals surface area (Å²) in [6.45, 7) is 0. The van der Waals surface area contributed by atoms with Crippen LogP contribution in [0.5, 0.6) is 0 Å². The normalized spacial score (nSPS) is 18.4. The lowest BCUT2D eigenvalue weighted by Gasteiger charge is -2.20. The number of nitrogens with zero attached hydrogens (tertiary/aromatic N) is 1. The van der Waals surface area contributed by atoms with Crippen LogP contribution in [-0.4, -0.2) is 11.9 Å². The first-order valence-electron chi connectivity index (χ1n) is 6.32. The highest BCUT2D eigenvalue weighted by atomic mass is 35.5. The Morgan fingerprint density at radius 2 is 1.75 bits per heavy atom. The summed E-state index contributed by atoms with van der Waals surface area (Å²) < 4.78 is 5.23. The minimum atomic E-state index is -0.265. The molecule has 0 bridgehead atoms. The molecule has 0 aliphatic carbocycles. The second-order valence-corrected chi connectivity index (χ2v) is 4.98. The fourth-order valence-electron chi connectivity index (χ4n) is 2.11. The Balaban J connectivity index is 1.95. The molecule has 1 heterocycles. The summed E-state index contributed by atoms with van der Waals surface area (Å²) in [7, 11) is 0. The molecule has 2 aromatic rings. The molecule has 0 amide bonds. The van der Waals surface area contributed by atoms with Gasteiger partial charge in [0.15, 0.2) is 0 Å². The standard InChI is InChI=1S/C16H12ClNO2/c17-13-8-6-11(7-9-13)14-10-15(19)20-16(18-14)12-4-2-1-3-5-12/h1-9,14H,10H2/t14-/m0/s1. The summed E-state index contributed by atoms with van der Waals surface area (Å²) in [6, 6.07) is 16.6. The largest absolute Gasteiger partial charge is 0.407 e. The van der Waals surface area contributed by atoms with E-state index >= 15 is 0 Å². The van der Waals surface area contributed by atoms with Gasteiger partial charge in [0.1, 0.15) is 0 Å². The Labute approximate surface area is 121 Å². The van der Waals surface area contributed by atoms with Gasteiger partial charge in [0.25, 0.3) is 0 Å². The fraction of sp³-hybridized carbons (Fsp3) is 0.125. The number of hydrogen-bond donors (Lipinski definition) is 0. The van der Waals surface area contributed by atoms with Crippen molar-refractivity contribution in [1.29, 1.82) is 0 Å². The highest BCUT2D eigenvalue weighted by molar-refractivity contribution is 6.30. The van der Waals surface area contributed by atoms with E-state index in [1.807, 2.05) is 42.5 Å². The van der Waals surface area contributed by atoms with Crippen molar-refractivity contribution in [2.45, 2.75) is 12.5 Å². The van der Waals surface area contributed by atoms with Crippen LogP contribution in [0.2, 0.25) is 5.02 Å². The van der Waals surface area contributed by atoms with Gasteiger partial charge < -0.3 is 4.74 Å². The fourth-order valence-corrected chi connectivity index (χ4v) is 2.24. The predicted octanol–water partition coefficient (Wildman–Crippen LogP) is 3.77. The summed E-state index contributed by atoms with van der Waals surface area (Å²) in [5, 5.41) is 0.666. The average molecular weight is 286 g/mol. The van der Waals surface area contributed by atoms with Gasteiger partial charge in [-0.15, -0.1) is 0 Å². The van der Waals surface area contributed by atoms with Gasteiger partial charge in [-0.3, -0.25) is 4.79 Å². The SMILES string of the molecule is O=C1C[C@@H](c2ccc(Cl)cc2)N=C(c2ccccc2)O1. The highest BCUT2D eigenvalue weighted by Crippen LogP contribution is 2.27. The molecule has 20 heavy (non-hydrogen) atoms. The first-order valence-corrected chi connectivity index (χ1v) is 6.69. The van der Waals surface area contributed by atoms with Crippen LogP contribution >= 0.6 is 11.6 Å². The van der Waals surface area contributed by atoms with Gasteiger partial charge in [0.2, 0.25) is 5.90 Å². The van der Waals surface area contributed by atoms with E-state index in [0.717, 1.165) is 11.1 Å².